The first-order chi connectivity index (χ1) is 31.7. The second kappa shape index (κ2) is 16.8. The van der Waals surface area contributed by atoms with Gasteiger partial charge in [0.25, 0.3) is 0 Å². The van der Waals surface area contributed by atoms with E-state index in [2.05, 4.69) is 42.5 Å². The molecule has 0 aliphatic heterocycles. The first-order valence-electron chi connectivity index (χ1n) is 20.7. The Morgan fingerprint density at radius 2 is 0.652 bits per heavy atom. The van der Waals surface area contributed by atoms with E-state index >= 15 is 0 Å². The molecule has 0 saturated carbocycles. The van der Waals surface area contributed by atoms with Crippen molar-refractivity contribution in [1.29, 1.82) is 0 Å². The smallest absolute Gasteiger partial charge is 0.164 e. The van der Waals surface area contributed by atoms with Crippen molar-refractivity contribution in [3.05, 3.63) is 127 Å². The van der Waals surface area contributed by atoms with E-state index in [1.165, 1.54) is 0 Å². The van der Waals surface area contributed by atoms with Gasteiger partial charge in [0.05, 0.1) is 0 Å². The van der Waals surface area contributed by atoms with Gasteiger partial charge in [-0.25, -0.2) is 15.0 Å². The van der Waals surface area contributed by atoms with Gasteiger partial charge in [0.2, 0.25) is 0 Å². The van der Waals surface area contributed by atoms with E-state index in [4.69, 9.17) is 109 Å². The molecule has 15 heteroatoms. The molecule has 0 saturated heterocycles. The zero-order chi connectivity index (χ0) is 46.3. The molecule has 0 unspecified atom stereocenters. The van der Waals surface area contributed by atoms with E-state index in [0.717, 1.165) is 49.4 Å². The molecule has 1 heterocycles. The molecule has 0 aliphatic carbocycles. The molecule has 66 heavy (non-hydrogen) atoms. The Bertz CT molecular complexity index is 3660. The third kappa shape index (κ3) is 7.14. The highest BCUT2D eigenvalue weighted by atomic mass is 15.0. The van der Waals surface area contributed by atoms with Crippen molar-refractivity contribution in [1.82, 2.24) is 15.0 Å². The molecule has 24 radical (unpaired) electrons. The standard InChI is InChI=1S/C51H21B12N3/c52-37-33(35-36(41(56)43(37)58)42(57)47(62)46(61)40(35)55)26-9-4-11-29(21-26)50-64-49(28-10-3-8-25(20-28)32-13-5-7-22-6-1-2-12-31(22)32)65-51(66-50)30-17-15-23-18-27(16-14-24(23)19-30)34-38(53)44(59)48(63)45(60)39(34)54/h1-21H. The molecule has 0 amide bonds. The minimum Gasteiger partial charge on any atom is -0.208 e. The van der Waals surface area contributed by atoms with E-state index in [9.17, 15) is 0 Å². The topological polar surface area (TPSA) is 38.7 Å². The van der Waals surface area contributed by atoms with Gasteiger partial charge in [-0.2, -0.15) is 0 Å². The SMILES string of the molecule is [B]c1c([B])c([B])c(-c2ccc3cc(-c4nc(-c5cccc(-c6cccc7ccccc67)c5)nc(-c5cccc(-c6c([B])c([B])c([B])c7c([B])c([B])c([B])c([B])c67)c5)n4)ccc3c2)c([B])c1[B]. The van der Waals surface area contributed by atoms with Crippen molar-refractivity contribution in [2.75, 3.05) is 0 Å². The molecule has 0 N–H and O–H groups in total. The van der Waals surface area contributed by atoms with Crippen molar-refractivity contribution >= 4 is 192 Å². The molecule has 0 fully saturated rings. The highest BCUT2D eigenvalue weighted by Crippen LogP contribution is 2.34. The monoisotopic (exact) mass is 807 g/mol. The predicted octanol–water partition coefficient (Wildman–Crippen LogP) is -1.14. The van der Waals surface area contributed by atoms with Crippen LogP contribution in [0.5, 0.6) is 0 Å². The molecular weight excluding hydrogens is 784 g/mol. The summed E-state index contributed by atoms with van der Waals surface area (Å²) in [7, 11) is 77.0. The lowest BCUT2D eigenvalue weighted by Crippen LogP contribution is -2.55. The van der Waals surface area contributed by atoms with Crippen molar-refractivity contribution in [2.45, 2.75) is 0 Å². The first kappa shape index (κ1) is 43.4. The van der Waals surface area contributed by atoms with Crippen LogP contribution in [-0.2, 0) is 0 Å². The molecule has 3 nitrogen and oxygen atoms in total. The van der Waals surface area contributed by atoms with E-state index in [1.54, 1.807) is 0 Å². The normalized spacial score (nSPS) is 11.5. The molecule has 0 bridgehead atoms. The maximum atomic E-state index is 6.75. The van der Waals surface area contributed by atoms with E-state index in [-0.39, 0.29) is 65.6 Å². The van der Waals surface area contributed by atoms with Gasteiger partial charge >= 0.3 is 0 Å². The van der Waals surface area contributed by atoms with E-state index in [0.29, 0.717) is 50.5 Å². The van der Waals surface area contributed by atoms with Crippen LogP contribution in [0.15, 0.2) is 127 Å². The third-order valence-electron chi connectivity index (χ3n) is 12.4. The van der Waals surface area contributed by atoms with Crippen LogP contribution in [0.4, 0.5) is 0 Å². The number of hydrogen-bond acceptors (Lipinski definition) is 3. The van der Waals surface area contributed by atoms with Crippen LogP contribution in [0.1, 0.15) is 0 Å². The summed E-state index contributed by atoms with van der Waals surface area (Å²) >= 11 is 0. The summed E-state index contributed by atoms with van der Waals surface area (Å²) in [5.41, 5.74) is 8.62. The first-order valence-corrected chi connectivity index (χ1v) is 20.7. The average Bonchev–Trinajstić information content (AvgIpc) is 3.35. The van der Waals surface area contributed by atoms with Crippen LogP contribution in [0.3, 0.4) is 0 Å². The summed E-state index contributed by atoms with van der Waals surface area (Å²) in [4.78, 5) is 15.3. The third-order valence-corrected chi connectivity index (χ3v) is 12.4. The Morgan fingerprint density at radius 3 is 1.27 bits per heavy atom. The maximum Gasteiger partial charge on any atom is 0.164 e. The van der Waals surface area contributed by atoms with Gasteiger partial charge in [-0.15, -0.1) is 32.8 Å². The van der Waals surface area contributed by atoms with Gasteiger partial charge in [-0.3, -0.25) is 0 Å². The fourth-order valence-electron chi connectivity index (χ4n) is 8.80. The molecule has 10 aromatic rings. The minimum absolute atomic E-state index is 0.103. The molecular formula is C51H21B12N3. The Balaban J connectivity index is 1.15. The number of hydrogen-bond donors (Lipinski definition) is 0. The fraction of sp³-hybridized carbons (Fsp3) is 0. The Morgan fingerprint density at radius 1 is 0.258 bits per heavy atom. The highest BCUT2D eigenvalue weighted by molar-refractivity contribution is 6.72. The lowest BCUT2D eigenvalue weighted by atomic mass is 9.59. The number of rotatable bonds is 6. The van der Waals surface area contributed by atoms with Crippen LogP contribution in [-0.4, -0.2) is 109 Å². The van der Waals surface area contributed by atoms with Crippen LogP contribution in [0.2, 0.25) is 0 Å². The molecule has 1 aromatic heterocycles. The second-order valence-corrected chi connectivity index (χ2v) is 16.2. The van der Waals surface area contributed by atoms with Gasteiger partial charge in [0.15, 0.2) is 17.5 Å². The summed E-state index contributed by atoms with van der Waals surface area (Å²) in [6.07, 6.45) is 0. The fourth-order valence-corrected chi connectivity index (χ4v) is 8.80. The Kier molecular flexibility index (Phi) is 11.0. The van der Waals surface area contributed by atoms with Gasteiger partial charge in [-0.05, 0) is 90.0 Å². The van der Waals surface area contributed by atoms with Crippen molar-refractivity contribution in [3.8, 4) is 67.5 Å². The summed E-state index contributed by atoms with van der Waals surface area (Å²) in [5, 5.41) is 4.84. The van der Waals surface area contributed by atoms with Gasteiger partial charge in [0, 0.05) is 16.7 Å². The van der Waals surface area contributed by atoms with Crippen LogP contribution >= 0.6 is 0 Å². The zero-order valence-corrected chi connectivity index (χ0v) is 35.4. The van der Waals surface area contributed by atoms with Crippen LogP contribution < -0.4 is 65.6 Å². The second-order valence-electron chi connectivity index (χ2n) is 16.2. The number of aromatic nitrogens is 3. The van der Waals surface area contributed by atoms with Crippen molar-refractivity contribution in [2.24, 2.45) is 0 Å². The Hall–Kier alpha value is -6.45. The van der Waals surface area contributed by atoms with Crippen molar-refractivity contribution in [3.63, 3.8) is 0 Å². The average molecular weight is 805 g/mol. The summed E-state index contributed by atoms with van der Waals surface area (Å²) in [6, 6.07) is 42.0. The quantitative estimate of drug-likeness (QED) is 0.200. The predicted molar refractivity (Wildman–Crippen MR) is 290 cm³/mol. The van der Waals surface area contributed by atoms with E-state index in [1.807, 2.05) is 84.9 Å². The number of nitrogens with zero attached hydrogens (tertiary/aromatic N) is 3. The largest absolute Gasteiger partial charge is 0.208 e. The maximum absolute atomic E-state index is 6.75. The molecule has 9 aromatic carbocycles. The highest BCUT2D eigenvalue weighted by Gasteiger charge is 2.21. The summed E-state index contributed by atoms with van der Waals surface area (Å²) < 4.78 is 0. The molecule has 0 aliphatic rings. The lowest BCUT2D eigenvalue weighted by molar-refractivity contribution is 1.07. The van der Waals surface area contributed by atoms with Gasteiger partial charge in [-0.1, -0.05) is 136 Å². The molecule has 0 atom stereocenters. The molecule has 0 spiro atoms. The van der Waals surface area contributed by atoms with Crippen LogP contribution in [0, 0.1) is 0 Å². The lowest BCUT2D eigenvalue weighted by Gasteiger charge is -2.25. The zero-order valence-electron chi connectivity index (χ0n) is 35.4. The minimum atomic E-state index is 0.103. The van der Waals surface area contributed by atoms with Crippen molar-refractivity contribution < 1.29 is 0 Å². The molecule has 276 valence electrons. The number of fused-ring (bicyclic) bond motifs is 3. The van der Waals surface area contributed by atoms with Gasteiger partial charge < -0.3 is 0 Å². The van der Waals surface area contributed by atoms with Gasteiger partial charge in [0.1, 0.15) is 94.2 Å². The van der Waals surface area contributed by atoms with Crippen LogP contribution in [0.25, 0.3) is 99.9 Å². The Labute approximate surface area is 399 Å². The summed E-state index contributed by atoms with van der Waals surface area (Å²) in [6.45, 7) is 0. The summed E-state index contributed by atoms with van der Waals surface area (Å²) in [5.74, 6) is 1.26. The number of benzene rings is 9. The van der Waals surface area contributed by atoms with E-state index < -0.39 is 0 Å². The molecule has 10 rings (SSSR count).